The average Bonchev–Trinajstić information content (AvgIpc) is 1.69. The molecule has 3 rings (SSSR count). The molecule has 12 atom stereocenters. The number of benzene rings is 2. The van der Waals surface area contributed by atoms with Crippen molar-refractivity contribution in [2.75, 3.05) is 13.1 Å². The zero-order chi connectivity index (χ0) is 76.5. The lowest BCUT2D eigenvalue weighted by Crippen LogP contribution is -2.62. The van der Waals surface area contributed by atoms with Crippen LogP contribution in [0, 0.1) is 23.7 Å². The van der Waals surface area contributed by atoms with Gasteiger partial charge < -0.3 is 97.2 Å². The molecule has 0 saturated carbocycles. The number of guanidine groups is 1. The number of carbonyl (C=O) groups is 14. The van der Waals surface area contributed by atoms with E-state index in [9.17, 15) is 72.2 Å². The predicted octanol–water partition coefficient (Wildman–Crippen LogP) is -1.47. The number of aromatic nitrogens is 1. The molecule has 1 heterocycles. The van der Waals surface area contributed by atoms with Gasteiger partial charge in [-0.25, -0.2) is 0 Å². The highest BCUT2D eigenvalue weighted by atomic mass is 16.4. The first kappa shape index (κ1) is 86.0. The monoisotopic (exact) mass is 1430 g/mol. The molecule has 1 aromatic heterocycles. The molecule has 3 aromatic rings. The molecule has 0 radical (unpaired) electrons. The van der Waals surface area contributed by atoms with Gasteiger partial charge in [0.2, 0.25) is 76.8 Å². The zero-order valence-electron chi connectivity index (χ0n) is 60.0. The summed E-state index contributed by atoms with van der Waals surface area (Å²) in [6.07, 6.45) is 0.329. The van der Waals surface area contributed by atoms with Gasteiger partial charge in [-0.1, -0.05) is 110 Å². The molecule has 0 aliphatic rings. The number of unbranched alkanes of at least 4 members (excludes halogenated alkanes) is 1. The van der Waals surface area contributed by atoms with Crippen LogP contribution in [-0.4, -0.2) is 178 Å². The van der Waals surface area contributed by atoms with E-state index in [1.807, 2.05) is 0 Å². The van der Waals surface area contributed by atoms with Gasteiger partial charge in [-0.3, -0.25) is 72.1 Å². The number of primary amides is 2. The summed E-state index contributed by atoms with van der Waals surface area (Å²) in [4.78, 5) is 200. The Morgan fingerprint density at radius 2 is 0.941 bits per heavy atom. The number of carboxylic acids is 1. The predicted molar refractivity (Wildman–Crippen MR) is 381 cm³/mol. The zero-order valence-corrected chi connectivity index (χ0v) is 60.0. The molecule has 0 saturated heterocycles. The number of amides is 13. The molecule has 0 unspecified atom stereocenters. The Labute approximate surface area is 594 Å². The summed E-state index contributed by atoms with van der Waals surface area (Å²) in [6.45, 7) is 16.7. The average molecular weight is 1430 g/mol. The number of para-hydroxylation sites is 1. The molecule has 0 spiro atoms. The molecule has 0 bridgehead atoms. The van der Waals surface area contributed by atoms with Crippen molar-refractivity contribution in [1.29, 1.82) is 0 Å². The van der Waals surface area contributed by atoms with Crippen LogP contribution in [0.25, 0.3) is 10.9 Å². The summed E-state index contributed by atoms with van der Waals surface area (Å²) < 4.78 is 0. The van der Waals surface area contributed by atoms with E-state index < -0.39 is 180 Å². The van der Waals surface area contributed by atoms with Crippen molar-refractivity contribution in [2.45, 2.75) is 219 Å². The standard InChI is InChI=1S/C69H108N18O15/c1-11-39(8)57(87-66(100)51(32-42-20-13-12-14-21-42)84-64(98)50(31-37(4)5)82-60(94)47(25-19-29-75-69(73)74)80-67(101)56(38(6)7)78-41(10)88)68(102)81-48(26-27-55(90)91)61(95)85-52(33-43-35-76-45-23-16-15-22-44(43)45)65(99)83-49(30-36(2)3)63(97)79-46(24-17-18-28-70)59(93)86-53(34-54(71)89)62(96)77-40(9)58(72)92/h12-16,20-23,35-40,46-53,56-57,76H,11,17-19,24-34,70H2,1-10H3,(H2,71,89)(H2,72,92)(H,77,96)(H,78,88)(H,79,97)(H,80,101)(H,81,102)(H,82,94)(H,83,99)(H,84,98)(H,85,95)(H,86,93)(H,87,100)(H,90,91)(H4,73,74,75)/t39-,40+,46-,47+,48-,49-,50-,51-,52-,53-,56-,57-/m0/s1. The maximum Gasteiger partial charge on any atom is 0.303 e. The smallest absolute Gasteiger partial charge is 0.303 e. The van der Waals surface area contributed by atoms with Crippen LogP contribution in [0.3, 0.4) is 0 Å². The number of carbonyl (C=O) groups excluding carboxylic acids is 13. The first-order valence-corrected chi connectivity index (χ1v) is 34.5. The van der Waals surface area contributed by atoms with Crippen LogP contribution in [0.1, 0.15) is 151 Å². The minimum atomic E-state index is -1.71. The minimum Gasteiger partial charge on any atom is -0.481 e. The summed E-state index contributed by atoms with van der Waals surface area (Å²) in [5.74, 6) is -14.4. The Balaban J connectivity index is 2.08. The molecule has 0 fully saturated rings. The lowest BCUT2D eigenvalue weighted by molar-refractivity contribution is -0.139. The van der Waals surface area contributed by atoms with Gasteiger partial charge in [0.1, 0.15) is 66.5 Å². The number of aliphatic carboxylic acids is 1. The fourth-order valence-corrected chi connectivity index (χ4v) is 10.9. The summed E-state index contributed by atoms with van der Waals surface area (Å²) in [5.41, 5.74) is 29.3. The molecule has 33 heteroatoms. The molecule has 2 aromatic carbocycles. The third-order valence-corrected chi connectivity index (χ3v) is 16.7. The Hall–Kier alpha value is -10.2. The Morgan fingerprint density at radius 1 is 0.490 bits per heavy atom. The molecular formula is C69H108N18O15. The van der Waals surface area contributed by atoms with Crippen LogP contribution in [0.4, 0.5) is 0 Å². The van der Waals surface area contributed by atoms with Crippen molar-refractivity contribution < 1.29 is 72.2 Å². The highest BCUT2D eigenvalue weighted by Gasteiger charge is 2.38. The Kier molecular flexibility index (Phi) is 36.6. The molecular weight excluding hydrogens is 1320 g/mol. The van der Waals surface area contributed by atoms with Crippen LogP contribution >= 0.6 is 0 Å². The quantitative estimate of drug-likeness (QED) is 0.0174. The number of hydrogen-bond acceptors (Lipinski definition) is 16. The third-order valence-electron chi connectivity index (χ3n) is 16.7. The van der Waals surface area contributed by atoms with Gasteiger partial charge in [-0.2, -0.15) is 0 Å². The van der Waals surface area contributed by atoms with Gasteiger partial charge in [-0.05, 0) is 106 Å². The van der Waals surface area contributed by atoms with Crippen molar-refractivity contribution in [2.24, 2.45) is 57.3 Å². The van der Waals surface area contributed by atoms with Crippen molar-refractivity contribution in [3.05, 3.63) is 71.9 Å². The van der Waals surface area contributed by atoms with Gasteiger partial charge in [0, 0.05) is 49.8 Å². The SMILES string of the molecule is CC[C@H](C)[C@H](NC(=O)[C@H](Cc1ccccc1)NC(=O)[C@H](CC(C)C)NC(=O)[C@@H](CCCN=C(N)N)NC(=O)[C@@H](NC(C)=O)C(C)C)C(=O)N[C@@H](CCC(=O)O)C(=O)N[C@@H](Cc1c[nH]c2ccccc12)C(=O)N[C@@H](CC(C)C)C(=O)N[C@@H](CCCCN)C(=O)N[C@@H](CC(N)=O)C(=O)N[C@H](C)C(N)=O. The van der Waals surface area contributed by atoms with E-state index in [2.05, 4.69) is 68.5 Å². The van der Waals surface area contributed by atoms with Crippen molar-refractivity contribution in [3.63, 3.8) is 0 Å². The number of rotatable bonds is 46. The van der Waals surface area contributed by atoms with Crippen molar-refractivity contribution in [3.8, 4) is 0 Å². The number of nitrogens with zero attached hydrogens (tertiary/aromatic N) is 1. The summed E-state index contributed by atoms with van der Waals surface area (Å²) >= 11 is 0. The number of aromatic amines is 1. The summed E-state index contributed by atoms with van der Waals surface area (Å²) in [7, 11) is 0. The van der Waals surface area contributed by atoms with Gasteiger partial charge in [0.25, 0.3) is 0 Å². The van der Waals surface area contributed by atoms with Crippen LogP contribution in [-0.2, 0) is 80.0 Å². The first-order chi connectivity index (χ1) is 48.0. The highest BCUT2D eigenvalue weighted by Crippen LogP contribution is 2.21. The number of nitrogens with one attached hydrogen (secondary N) is 12. The van der Waals surface area contributed by atoms with Crippen LogP contribution in [0.5, 0.6) is 0 Å². The lowest BCUT2D eigenvalue weighted by Gasteiger charge is -2.30. The number of aliphatic imine (C=N–C) groups is 1. The molecule has 0 aliphatic heterocycles. The third kappa shape index (κ3) is 30.3. The molecule has 0 aliphatic carbocycles. The van der Waals surface area contributed by atoms with Gasteiger partial charge in [0.15, 0.2) is 5.96 Å². The van der Waals surface area contributed by atoms with Gasteiger partial charge in [-0.15, -0.1) is 0 Å². The Morgan fingerprint density at radius 3 is 1.44 bits per heavy atom. The normalized spacial score (nSPS) is 14.8. The summed E-state index contributed by atoms with van der Waals surface area (Å²) in [5, 5.41) is 39.6. The van der Waals surface area contributed by atoms with Crippen LogP contribution in [0.2, 0.25) is 0 Å². The van der Waals surface area contributed by atoms with E-state index in [4.69, 9.17) is 28.7 Å². The highest BCUT2D eigenvalue weighted by molar-refractivity contribution is 6.00. The largest absolute Gasteiger partial charge is 0.481 e. The number of hydrogen-bond donors (Lipinski definition) is 18. The van der Waals surface area contributed by atoms with E-state index in [1.54, 1.807) is 116 Å². The van der Waals surface area contributed by atoms with E-state index in [-0.39, 0.29) is 88.7 Å². The lowest BCUT2D eigenvalue weighted by atomic mass is 9.96. The van der Waals surface area contributed by atoms with E-state index in [0.29, 0.717) is 28.5 Å². The van der Waals surface area contributed by atoms with Gasteiger partial charge >= 0.3 is 5.97 Å². The maximum absolute atomic E-state index is 15.0. The fraction of sp³-hybridized carbons (Fsp3) is 0.580. The molecule has 102 heavy (non-hydrogen) atoms. The molecule has 23 N–H and O–H groups in total. The molecule has 13 amide bonds. The Bertz CT molecular complexity index is 3380. The number of H-pyrrole nitrogens is 1. The maximum atomic E-state index is 15.0. The van der Waals surface area contributed by atoms with Crippen molar-refractivity contribution >= 4 is 99.6 Å². The molecule has 33 nitrogen and oxygen atoms in total. The minimum absolute atomic E-state index is 0.00665. The first-order valence-electron chi connectivity index (χ1n) is 34.5. The number of carboxylic acid groups (broad SMARTS) is 1. The van der Waals surface area contributed by atoms with Crippen LogP contribution in [0.15, 0.2) is 65.8 Å². The second kappa shape index (κ2) is 43.5. The second-order valence-corrected chi connectivity index (χ2v) is 26.8. The van der Waals surface area contributed by atoms with E-state index >= 15 is 0 Å². The van der Waals surface area contributed by atoms with Gasteiger partial charge in [0.05, 0.1) is 6.42 Å². The van der Waals surface area contributed by atoms with Crippen molar-refractivity contribution in [1.82, 2.24) is 63.5 Å². The second-order valence-electron chi connectivity index (χ2n) is 26.8. The topological polar surface area (TPSA) is 550 Å². The number of nitrogens with two attached hydrogens (primary N) is 5. The molecule has 564 valence electrons. The fourth-order valence-electron chi connectivity index (χ4n) is 10.9. The van der Waals surface area contributed by atoms with E-state index in [0.717, 1.165) is 0 Å². The summed E-state index contributed by atoms with van der Waals surface area (Å²) in [6, 6.07) is 0.133. The van der Waals surface area contributed by atoms with Crippen LogP contribution < -0.4 is 87.2 Å². The number of fused-ring (bicyclic) bond motifs is 1. The van der Waals surface area contributed by atoms with E-state index in [1.165, 1.54) is 13.8 Å².